The number of morpholine rings is 1. The number of amides is 2. The van der Waals surface area contributed by atoms with E-state index in [2.05, 4.69) is 30.5 Å². The third kappa shape index (κ3) is 5.83. The molecule has 0 bridgehead atoms. The highest BCUT2D eigenvalue weighted by atomic mass is 35.5. The molecule has 0 unspecified atom stereocenters. The first-order chi connectivity index (χ1) is 19.9. The third-order valence-electron chi connectivity index (χ3n) is 7.90. The monoisotopic (exact) mass is 579 g/mol. The number of aryl methyl sites for hydroxylation is 1. The number of carbonyl (C=O) groups excluding carboxylic acids is 2. The predicted octanol–water partition coefficient (Wildman–Crippen LogP) is 4.01. The van der Waals surface area contributed by atoms with Gasteiger partial charge in [0, 0.05) is 49.3 Å². The molecule has 0 radical (unpaired) electrons. The number of H-pyrrole nitrogens is 1. The van der Waals surface area contributed by atoms with Crippen LogP contribution in [0.5, 0.6) is 0 Å². The quantitative estimate of drug-likeness (QED) is 0.378. The van der Waals surface area contributed by atoms with Crippen LogP contribution in [0, 0.1) is 12.7 Å². The lowest BCUT2D eigenvalue weighted by atomic mass is 10.0. The molecule has 0 saturated carbocycles. The Morgan fingerprint density at radius 3 is 2.73 bits per heavy atom. The number of hydrogen-bond acceptors (Lipinski definition) is 7. The fourth-order valence-electron chi connectivity index (χ4n) is 5.70. The number of ether oxygens (including phenoxy) is 1. The molecule has 1 aromatic carbocycles. The van der Waals surface area contributed by atoms with Crippen LogP contribution >= 0.6 is 11.6 Å². The van der Waals surface area contributed by atoms with Crippen molar-refractivity contribution in [1.82, 2.24) is 24.8 Å². The van der Waals surface area contributed by atoms with E-state index in [0.717, 1.165) is 69.2 Å². The molecule has 3 aliphatic rings. The van der Waals surface area contributed by atoms with Gasteiger partial charge in [0.2, 0.25) is 5.91 Å². The molecular formula is C29H31ClFN7O3. The van der Waals surface area contributed by atoms with Crippen LogP contribution in [0.25, 0.3) is 11.6 Å². The maximum Gasteiger partial charge on any atom is 0.257 e. The van der Waals surface area contributed by atoms with Gasteiger partial charge in [-0.05, 0) is 55.7 Å². The average molecular weight is 580 g/mol. The van der Waals surface area contributed by atoms with E-state index in [0.29, 0.717) is 34.5 Å². The number of nitrogens with one attached hydrogen (secondary N) is 3. The van der Waals surface area contributed by atoms with Crippen molar-refractivity contribution in [2.75, 3.05) is 50.0 Å². The summed E-state index contributed by atoms with van der Waals surface area (Å²) in [6, 6.07) is 6.69. The molecule has 2 fully saturated rings. The number of likely N-dealkylation sites (tertiary alicyclic amines) is 1. The van der Waals surface area contributed by atoms with Gasteiger partial charge in [0.05, 0.1) is 35.8 Å². The van der Waals surface area contributed by atoms with Crippen LogP contribution < -0.4 is 10.6 Å². The summed E-state index contributed by atoms with van der Waals surface area (Å²) in [5, 5.41) is 5.85. The molecule has 0 aliphatic carbocycles. The zero-order chi connectivity index (χ0) is 28.5. The van der Waals surface area contributed by atoms with Gasteiger partial charge in [-0.1, -0.05) is 11.6 Å². The number of nitrogens with zero attached hydrogens (tertiary/aromatic N) is 4. The smallest absolute Gasteiger partial charge is 0.257 e. The molecule has 2 saturated heterocycles. The van der Waals surface area contributed by atoms with E-state index >= 15 is 0 Å². The van der Waals surface area contributed by atoms with Crippen LogP contribution in [0.2, 0.25) is 5.02 Å². The molecule has 0 spiro atoms. The fourth-order valence-corrected chi connectivity index (χ4v) is 5.88. The van der Waals surface area contributed by atoms with Gasteiger partial charge >= 0.3 is 0 Å². The highest BCUT2D eigenvalue weighted by Gasteiger charge is 2.31. The molecular weight excluding hydrogens is 549 g/mol. The maximum atomic E-state index is 13.6. The van der Waals surface area contributed by atoms with Crippen molar-refractivity contribution in [2.24, 2.45) is 0 Å². The van der Waals surface area contributed by atoms with Gasteiger partial charge in [0.15, 0.2) is 0 Å². The van der Waals surface area contributed by atoms with Crippen LogP contribution in [0.1, 0.15) is 35.4 Å². The summed E-state index contributed by atoms with van der Waals surface area (Å²) in [4.78, 5) is 42.4. The molecule has 41 heavy (non-hydrogen) atoms. The minimum atomic E-state index is -0.531. The number of aromatic amines is 1. The summed E-state index contributed by atoms with van der Waals surface area (Å²) < 4.78 is 19.1. The Hall–Kier alpha value is -3.80. The Morgan fingerprint density at radius 1 is 1.20 bits per heavy atom. The molecule has 2 aromatic heterocycles. The Balaban J connectivity index is 1.16. The first kappa shape index (κ1) is 27.4. The molecule has 2 amide bonds. The Morgan fingerprint density at radius 2 is 1.98 bits per heavy atom. The summed E-state index contributed by atoms with van der Waals surface area (Å²) in [7, 11) is 0. The average Bonchev–Trinajstić information content (AvgIpc) is 3.49. The first-order valence-corrected chi connectivity index (χ1v) is 14.1. The van der Waals surface area contributed by atoms with Gasteiger partial charge in [0.25, 0.3) is 5.91 Å². The van der Waals surface area contributed by atoms with E-state index in [1.807, 2.05) is 17.9 Å². The number of fused-ring (bicyclic) bond motifs is 1. The van der Waals surface area contributed by atoms with Crippen molar-refractivity contribution >= 4 is 52.4 Å². The SMILES string of the molecule is Cc1cc(CC(=O)N2CCC(N3CCOCC3)CC2)[nH]c1/C=C1\C(=O)Nc2ncnc(Nc3ccc(F)c(Cl)c3)c21. The number of piperidine rings is 1. The Labute approximate surface area is 241 Å². The summed E-state index contributed by atoms with van der Waals surface area (Å²) in [6.45, 7) is 6.93. The number of hydrogen-bond donors (Lipinski definition) is 3. The van der Waals surface area contributed by atoms with Crippen LogP contribution in [0.3, 0.4) is 0 Å². The highest BCUT2D eigenvalue weighted by Crippen LogP contribution is 2.37. The number of anilines is 3. The summed E-state index contributed by atoms with van der Waals surface area (Å²) in [5.41, 5.74) is 3.79. The van der Waals surface area contributed by atoms with Crippen molar-refractivity contribution in [1.29, 1.82) is 0 Å². The number of benzene rings is 1. The van der Waals surface area contributed by atoms with Crippen LogP contribution in [-0.2, 0) is 20.7 Å². The number of carbonyl (C=O) groups is 2. The molecule has 3 aromatic rings. The largest absolute Gasteiger partial charge is 0.379 e. The lowest BCUT2D eigenvalue weighted by Gasteiger charge is -2.40. The molecule has 3 N–H and O–H groups in total. The molecule has 0 atom stereocenters. The summed E-state index contributed by atoms with van der Waals surface area (Å²) in [6.07, 6.45) is 5.29. The van der Waals surface area contributed by atoms with Crippen LogP contribution in [-0.4, -0.2) is 82.0 Å². The topological polar surface area (TPSA) is 115 Å². The molecule has 3 aliphatic heterocycles. The lowest BCUT2D eigenvalue weighted by Crippen LogP contribution is -2.50. The Bertz CT molecular complexity index is 1510. The predicted molar refractivity (Wildman–Crippen MR) is 154 cm³/mol. The standard InChI is InChI=1S/C29H31ClFN7O3/c1-17-12-19(14-25(39)38-6-4-20(5-7-38)37-8-10-41-11-9-37)34-24(17)15-21-26-27(32-16-33-28(26)36-29(21)40)35-18-2-3-23(31)22(30)13-18/h2-3,12-13,15-16,20,34H,4-11,14H2,1H3,(H2,32,33,35,36,40)/b21-15-. The van der Waals surface area contributed by atoms with Crippen LogP contribution in [0.15, 0.2) is 30.6 Å². The minimum absolute atomic E-state index is 0.0313. The zero-order valence-corrected chi connectivity index (χ0v) is 23.4. The second kappa shape index (κ2) is 11.6. The number of halogens is 2. The van der Waals surface area contributed by atoms with Gasteiger partial charge in [-0.15, -0.1) is 0 Å². The van der Waals surface area contributed by atoms with E-state index in [4.69, 9.17) is 16.3 Å². The second-order valence-corrected chi connectivity index (χ2v) is 10.9. The number of aromatic nitrogens is 3. The highest BCUT2D eigenvalue weighted by molar-refractivity contribution is 6.35. The van der Waals surface area contributed by atoms with Gasteiger partial charge < -0.3 is 25.3 Å². The molecule has 12 heteroatoms. The van der Waals surface area contributed by atoms with E-state index in [-0.39, 0.29) is 23.3 Å². The second-order valence-electron chi connectivity index (χ2n) is 10.5. The van der Waals surface area contributed by atoms with Gasteiger partial charge in [-0.3, -0.25) is 14.5 Å². The van der Waals surface area contributed by atoms with Crippen molar-refractivity contribution in [3.05, 3.63) is 63.9 Å². The fraction of sp³-hybridized carbons (Fsp3) is 0.379. The molecule has 214 valence electrons. The van der Waals surface area contributed by atoms with Crippen molar-refractivity contribution in [3.8, 4) is 0 Å². The lowest BCUT2D eigenvalue weighted by molar-refractivity contribution is -0.132. The molecule has 5 heterocycles. The summed E-state index contributed by atoms with van der Waals surface area (Å²) in [5.74, 6) is -0.0194. The molecule has 6 rings (SSSR count). The Kier molecular flexibility index (Phi) is 7.74. The maximum absolute atomic E-state index is 13.6. The number of rotatable bonds is 6. The van der Waals surface area contributed by atoms with E-state index in [9.17, 15) is 14.0 Å². The van der Waals surface area contributed by atoms with E-state index in [1.165, 1.54) is 24.5 Å². The van der Waals surface area contributed by atoms with Crippen LogP contribution in [0.4, 0.5) is 21.7 Å². The minimum Gasteiger partial charge on any atom is -0.379 e. The first-order valence-electron chi connectivity index (χ1n) is 13.7. The van der Waals surface area contributed by atoms with Gasteiger partial charge in [-0.2, -0.15) is 0 Å². The van der Waals surface area contributed by atoms with Crippen molar-refractivity contribution in [2.45, 2.75) is 32.2 Å². The van der Waals surface area contributed by atoms with Gasteiger partial charge in [-0.25, -0.2) is 14.4 Å². The third-order valence-corrected chi connectivity index (χ3v) is 8.19. The normalized spacial score (nSPS) is 19.0. The van der Waals surface area contributed by atoms with E-state index in [1.54, 1.807) is 6.08 Å². The van der Waals surface area contributed by atoms with E-state index < -0.39 is 5.82 Å². The van der Waals surface area contributed by atoms with Crippen molar-refractivity contribution in [3.63, 3.8) is 0 Å². The van der Waals surface area contributed by atoms with Crippen molar-refractivity contribution < 1.29 is 18.7 Å². The van der Waals surface area contributed by atoms with Gasteiger partial charge in [0.1, 0.15) is 23.8 Å². The molecule has 10 nitrogen and oxygen atoms in total. The zero-order valence-electron chi connectivity index (χ0n) is 22.7. The summed E-state index contributed by atoms with van der Waals surface area (Å²) >= 11 is 5.94.